The molecule has 3 rings (SSSR count). The lowest BCUT2D eigenvalue weighted by Gasteiger charge is -2.16. The summed E-state index contributed by atoms with van der Waals surface area (Å²) in [6.45, 7) is 0. The van der Waals surface area contributed by atoms with Crippen LogP contribution in [0.25, 0.3) is 10.8 Å². The molecule has 2 amide bonds. The molecule has 0 radical (unpaired) electrons. The van der Waals surface area contributed by atoms with E-state index < -0.39 is 22.8 Å². The van der Waals surface area contributed by atoms with E-state index in [1.165, 1.54) is 18.2 Å². The average Bonchev–Trinajstić information content (AvgIpc) is 2.67. The standard InChI is InChI=1S/C21H19N3O4/c22-21(26)19(12-15-8-9-16-5-1-2-6-17(16)10-15)23-20(25)13-14-4-3-7-18(11-14)24(27)28/h1-11,19H,12-13H2,(H2,22,26)(H,23,25)/t19-/m0/s1. The molecule has 0 saturated heterocycles. The van der Waals surface area contributed by atoms with E-state index in [9.17, 15) is 19.7 Å². The molecule has 0 aromatic heterocycles. The van der Waals surface area contributed by atoms with Crippen LogP contribution >= 0.6 is 0 Å². The number of hydrogen-bond donors (Lipinski definition) is 2. The summed E-state index contributed by atoms with van der Waals surface area (Å²) >= 11 is 0. The molecule has 0 aliphatic heterocycles. The van der Waals surface area contributed by atoms with Crippen LogP contribution in [0.5, 0.6) is 0 Å². The van der Waals surface area contributed by atoms with E-state index in [0.29, 0.717) is 5.56 Å². The number of fused-ring (bicyclic) bond motifs is 1. The van der Waals surface area contributed by atoms with Gasteiger partial charge in [-0.05, 0) is 21.9 Å². The van der Waals surface area contributed by atoms with Crippen molar-refractivity contribution in [2.45, 2.75) is 18.9 Å². The molecule has 0 aliphatic carbocycles. The molecule has 3 aromatic rings. The number of nitrogens with two attached hydrogens (primary N) is 1. The molecule has 0 heterocycles. The van der Waals surface area contributed by atoms with Crippen LogP contribution in [0.2, 0.25) is 0 Å². The summed E-state index contributed by atoms with van der Waals surface area (Å²) in [4.78, 5) is 34.5. The first-order valence-corrected chi connectivity index (χ1v) is 8.72. The predicted molar refractivity (Wildman–Crippen MR) is 106 cm³/mol. The highest BCUT2D eigenvalue weighted by atomic mass is 16.6. The van der Waals surface area contributed by atoms with Gasteiger partial charge in [0.25, 0.3) is 5.69 Å². The van der Waals surface area contributed by atoms with E-state index >= 15 is 0 Å². The maximum absolute atomic E-state index is 12.3. The summed E-state index contributed by atoms with van der Waals surface area (Å²) in [5.41, 5.74) is 6.73. The lowest BCUT2D eigenvalue weighted by Crippen LogP contribution is -2.46. The van der Waals surface area contributed by atoms with Crippen LogP contribution in [-0.4, -0.2) is 22.8 Å². The highest BCUT2D eigenvalue weighted by Gasteiger charge is 2.19. The van der Waals surface area contributed by atoms with Crippen molar-refractivity contribution < 1.29 is 14.5 Å². The third-order valence-electron chi connectivity index (χ3n) is 4.42. The Balaban J connectivity index is 1.69. The van der Waals surface area contributed by atoms with Gasteiger partial charge in [-0.25, -0.2) is 0 Å². The highest BCUT2D eigenvalue weighted by molar-refractivity contribution is 5.88. The quantitative estimate of drug-likeness (QED) is 0.486. The van der Waals surface area contributed by atoms with Crippen molar-refractivity contribution in [2.24, 2.45) is 5.73 Å². The molecule has 3 N–H and O–H groups in total. The van der Waals surface area contributed by atoms with Crippen molar-refractivity contribution in [3.05, 3.63) is 88.0 Å². The number of nitro groups is 1. The SMILES string of the molecule is NC(=O)[C@H](Cc1ccc2ccccc2c1)NC(=O)Cc1cccc([N+](=O)[O-])c1. The fourth-order valence-corrected chi connectivity index (χ4v) is 3.03. The summed E-state index contributed by atoms with van der Waals surface area (Å²) < 4.78 is 0. The molecule has 7 nitrogen and oxygen atoms in total. The number of nitrogens with one attached hydrogen (secondary N) is 1. The van der Waals surface area contributed by atoms with E-state index in [1.807, 2.05) is 42.5 Å². The Hall–Kier alpha value is -3.74. The smallest absolute Gasteiger partial charge is 0.269 e. The molecule has 3 aromatic carbocycles. The van der Waals surface area contributed by atoms with E-state index in [0.717, 1.165) is 16.3 Å². The maximum Gasteiger partial charge on any atom is 0.269 e. The Kier molecular flexibility index (Phi) is 5.64. The zero-order valence-corrected chi connectivity index (χ0v) is 15.0. The van der Waals surface area contributed by atoms with Crippen LogP contribution in [0.4, 0.5) is 5.69 Å². The molecule has 0 fully saturated rings. The molecular formula is C21H19N3O4. The maximum atomic E-state index is 12.3. The van der Waals surface area contributed by atoms with Gasteiger partial charge in [0, 0.05) is 18.6 Å². The molecule has 1 atom stereocenters. The predicted octanol–water partition coefficient (Wildman–Crippen LogP) is 2.50. The van der Waals surface area contributed by atoms with Gasteiger partial charge in [-0.3, -0.25) is 19.7 Å². The summed E-state index contributed by atoms with van der Waals surface area (Å²) in [6, 6.07) is 18.6. The van der Waals surface area contributed by atoms with Crippen LogP contribution in [0, 0.1) is 10.1 Å². The molecule has 0 aliphatic rings. The fraction of sp³-hybridized carbons (Fsp3) is 0.143. The molecular weight excluding hydrogens is 358 g/mol. The number of non-ortho nitro benzene ring substituents is 1. The second-order valence-corrected chi connectivity index (χ2v) is 6.51. The minimum atomic E-state index is -0.868. The number of rotatable bonds is 7. The average molecular weight is 377 g/mol. The number of benzene rings is 3. The van der Waals surface area contributed by atoms with Gasteiger partial charge in [0.2, 0.25) is 11.8 Å². The van der Waals surface area contributed by atoms with Gasteiger partial charge in [0.15, 0.2) is 0 Å². The number of hydrogen-bond acceptors (Lipinski definition) is 4. The van der Waals surface area contributed by atoms with Crippen molar-refractivity contribution in [1.29, 1.82) is 0 Å². The van der Waals surface area contributed by atoms with Gasteiger partial charge >= 0.3 is 0 Å². The Morgan fingerprint density at radius 3 is 2.43 bits per heavy atom. The molecule has 0 unspecified atom stereocenters. The van der Waals surface area contributed by atoms with Crippen LogP contribution in [0.1, 0.15) is 11.1 Å². The normalized spacial score (nSPS) is 11.7. The van der Waals surface area contributed by atoms with Crippen molar-refractivity contribution in [3.8, 4) is 0 Å². The fourth-order valence-electron chi connectivity index (χ4n) is 3.03. The van der Waals surface area contributed by atoms with E-state index in [-0.39, 0.29) is 18.5 Å². The van der Waals surface area contributed by atoms with Gasteiger partial charge in [-0.15, -0.1) is 0 Å². The zero-order chi connectivity index (χ0) is 20.1. The number of primary amides is 1. The third-order valence-corrected chi connectivity index (χ3v) is 4.42. The Labute approximate surface area is 161 Å². The second kappa shape index (κ2) is 8.30. The summed E-state index contributed by atoms with van der Waals surface area (Å²) in [7, 11) is 0. The van der Waals surface area contributed by atoms with Crippen molar-refractivity contribution in [1.82, 2.24) is 5.32 Å². The molecule has 142 valence electrons. The first-order valence-electron chi connectivity index (χ1n) is 8.72. The van der Waals surface area contributed by atoms with Crippen molar-refractivity contribution in [3.63, 3.8) is 0 Å². The minimum Gasteiger partial charge on any atom is -0.368 e. The minimum absolute atomic E-state index is 0.0802. The molecule has 0 bridgehead atoms. The van der Waals surface area contributed by atoms with Crippen molar-refractivity contribution in [2.75, 3.05) is 0 Å². The number of nitro benzene ring substituents is 1. The molecule has 0 saturated carbocycles. The Morgan fingerprint density at radius 1 is 0.964 bits per heavy atom. The number of carbonyl (C=O) groups is 2. The van der Waals surface area contributed by atoms with Crippen LogP contribution in [0.3, 0.4) is 0 Å². The highest BCUT2D eigenvalue weighted by Crippen LogP contribution is 2.17. The van der Waals surface area contributed by atoms with E-state index in [1.54, 1.807) is 6.07 Å². The number of amides is 2. The number of nitrogens with zero attached hydrogens (tertiary/aromatic N) is 1. The van der Waals surface area contributed by atoms with Gasteiger partial charge in [-0.2, -0.15) is 0 Å². The summed E-state index contributed by atoms with van der Waals surface area (Å²) in [6.07, 6.45) is 0.185. The number of carbonyl (C=O) groups excluding carboxylic acids is 2. The van der Waals surface area contributed by atoms with Crippen LogP contribution < -0.4 is 11.1 Å². The van der Waals surface area contributed by atoms with Crippen molar-refractivity contribution >= 4 is 28.3 Å². The lowest BCUT2D eigenvalue weighted by atomic mass is 10.0. The monoisotopic (exact) mass is 377 g/mol. The second-order valence-electron chi connectivity index (χ2n) is 6.51. The Bertz CT molecular complexity index is 1050. The van der Waals surface area contributed by atoms with Gasteiger partial charge in [-0.1, -0.05) is 54.6 Å². The molecule has 7 heteroatoms. The summed E-state index contributed by atoms with van der Waals surface area (Å²) in [5.74, 6) is -1.06. The topological polar surface area (TPSA) is 115 Å². The zero-order valence-electron chi connectivity index (χ0n) is 15.0. The third kappa shape index (κ3) is 4.70. The van der Waals surface area contributed by atoms with Gasteiger partial charge in [0.05, 0.1) is 11.3 Å². The van der Waals surface area contributed by atoms with Gasteiger partial charge in [0.1, 0.15) is 6.04 Å². The first-order chi connectivity index (χ1) is 13.4. The first kappa shape index (κ1) is 19.0. The lowest BCUT2D eigenvalue weighted by molar-refractivity contribution is -0.384. The molecule has 28 heavy (non-hydrogen) atoms. The van der Waals surface area contributed by atoms with E-state index in [2.05, 4.69) is 5.32 Å². The van der Waals surface area contributed by atoms with E-state index in [4.69, 9.17) is 5.73 Å². The Morgan fingerprint density at radius 2 is 1.71 bits per heavy atom. The van der Waals surface area contributed by atoms with Gasteiger partial charge < -0.3 is 11.1 Å². The van der Waals surface area contributed by atoms with Crippen LogP contribution in [-0.2, 0) is 22.4 Å². The molecule has 0 spiro atoms. The summed E-state index contributed by atoms with van der Waals surface area (Å²) in [5, 5.41) is 15.6. The largest absolute Gasteiger partial charge is 0.368 e. The van der Waals surface area contributed by atoms with Crippen LogP contribution in [0.15, 0.2) is 66.7 Å².